The summed E-state index contributed by atoms with van der Waals surface area (Å²) in [6.07, 6.45) is 14.3. The van der Waals surface area contributed by atoms with Crippen LogP contribution in [0.25, 0.3) is 0 Å². The lowest BCUT2D eigenvalue weighted by atomic mass is 9.86. The van der Waals surface area contributed by atoms with Gasteiger partial charge in [0.2, 0.25) is 0 Å². The molecule has 2 aliphatic carbocycles. The van der Waals surface area contributed by atoms with Gasteiger partial charge < -0.3 is 19.0 Å². The fourth-order valence-electron chi connectivity index (χ4n) is 4.04. The van der Waals surface area contributed by atoms with Gasteiger partial charge in [0.15, 0.2) is 0 Å². The average Bonchev–Trinajstić information content (AvgIpc) is 2.71. The van der Waals surface area contributed by atoms with Crippen LogP contribution in [0, 0.1) is 11.8 Å². The monoisotopic (exact) mass is 380 g/mol. The van der Waals surface area contributed by atoms with E-state index in [4.69, 9.17) is 14.2 Å². The Morgan fingerprint density at radius 3 is 2.11 bits per heavy atom. The van der Waals surface area contributed by atoms with Crippen molar-refractivity contribution >= 4 is 12.3 Å². The van der Waals surface area contributed by atoms with Crippen molar-refractivity contribution in [3.05, 3.63) is 12.8 Å². The van der Waals surface area contributed by atoms with Gasteiger partial charge in [-0.2, -0.15) is 0 Å². The van der Waals surface area contributed by atoms with Crippen LogP contribution in [0.4, 0.5) is 0 Å². The van der Waals surface area contributed by atoms with Crippen LogP contribution in [-0.2, 0) is 23.8 Å². The molecular weight excluding hydrogens is 344 g/mol. The number of unbranched alkanes of at least 4 members (excludes halogenated alkanes) is 3. The van der Waals surface area contributed by atoms with Crippen molar-refractivity contribution in [1.82, 2.24) is 0 Å². The summed E-state index contributed by atoms with van der Waals surface area (Å²) in [6, 6.07) is 0. The molecule has 0 aromatic rings. The van der Waals surface area contributed by atoms with Crippen LogP contribution in [-0.4, -0.2) is 37.7 Å². The second-order valence-electron chi connectivity index (χ2n) is 7.91. The Morgan fingerprint density at radius 2 is 1.48 bits per heavy atom. The predicted octanol–water partition coefficient (Wildman–Crippen LogP) is 4.58. The van der Waals surface area contributed by atoms with Crippen molar-refractivity contribution in [2.24, 2.45) is 11.8 Å². The predicted molar refractivity (Wildman–Crippen MR) is 104 cm³/mol. The molecule has 27 heavy (non-hydrogen) atoms. The van der Waals surface area contributed by atoms with Gasteiger partial charge in [0.25, 0.3) is 0 Å². The maximum Gasteiger partial charge on any atom is 0.309 e. The minimum absolute atomic E-state index is 0.0135. The van der Waals surface area contributed by atoms with Crippen molar-refractivity contribution in [1.29, 1.82) is 0 Å². The van der Waals surface area contributed by atoms with Gasteiger partial charge in [0.05, 0.1) is 24.9 Å². The highest BCUT2D eigenvalue weighted by atomic mass is 16.5. The van der Waals surface area contributed by atoms with Gasteiger partial charge in [-0.3, -0.25) is 4.79 Å². The minimum atomic E-state index is -0.0373. The van der Waals surface area contributed by atoms with Crippen LogP contribution in [0.2, 0.25) is 0 Å². The first-order chi connectivity index (χ1) is 13.2. The van der Waals surface area contributed by atoms with Crippen molar-refractivity contribution in [3.63, 3.8) is 0 Å². The molecule has 5 heteroatoms. The average molecular weight is 381 g/mol. The molecule has 2 fully saturated rings. The fourth-order valence-corrected chi connectivity index (χ4v) is 4.04. The molecule has 0 heterocycles. The van der Waals surface area contributed by atoms with Gasteiger partial charge in [-0.25, -0.2) is 0 Å². The largest absolute Gasteiger partial charge is 0.502 e. The third-order valence-electron chi connectivity index (χ3n) is 5.83. The lowest BCUT2D eigenvalue weighted by Crippen LogP contribution is -2.31. The molecule has 0 aliphatic heterocycles. The third-order valence-corrected chi connectivity index (χ3v) is 5.83. The summed E-state index contributed by atoms with van der Waals surface area (Å²) < 4.78 is 16.8. The molecule has 0 bridgehead atoms. The number of carbonyl (C=O) groups is 2. The van der Waals surface area contributed by atoms with Gasteiger partial charge in [-0.15, -0.1) is 0 Å². The molecule has 154 valence electrons. The van der Waals surface area contributed by atoms with Gasteiger partial charge in [0, 0.05) is 12.5 Å². The summed E-state index contributed by atoms with van der Waals surface area (Å²) in [4.78, 5) is 23.2. The molecule has 2 rings (SSSR count). The van der Waals surface area contributed by atoms with Crippen molar-refractivity contribution in [2.45, 2.75) is 89.3 Å². The zero-order valence-electron chi connectivity index (χ0n) is 16.6. The number of esters is 1. The first-order valence-electron chi connectivity index (χ1n) is 10.7. The van der Waals surface area contributed by atoms with E-state index in [1.165, 1.54) is 6.26 Å². The van der Waals surface area contributed by atoms with Crippen LogP contribution >= 0.6 is 0 Å². The zero-order valence-corrected chi connectivity index (χ0v) is 16.6. The van der Waals surface area contributed by atoms with Crippen LogP contribution in [0.5, 0.6) is 0 Å². The van der Waals surface area contributed by atoms with E-state index in [0.29, 0.717) is 6.10 Å². The van der Waals surface area contributed by atoms with Gasteiger partial charge in [-0.1, -0.05) is 13.0 Å². The van der Waals surface area contributed by atoms with E-state index in [1.54, 1.807) is 0 Å². The highest BCUT2D eigenvalue weighted by Crippen LogP contribution is 2.30. The topological polar surface area (TPSA) is 61.8 Å². The Hall–Kier alpha value is -1.36. The molecule has 0 unspecified atom stereocenters. The summed E-state index contributed by atoms with van der Waals surface area (Å²) in [5.74, 6) is 0.149. The van der Waals surface area contributed by atoms with E-state index in [2.05, 4.69) is 6.58 Å². The maximum absolute atomic E-state index is 12.4. The molecule has 0 amide bonds. The van der Waals surface area contributed by atoms with Crippen LogP contribution < -0.4 is 0 Å². The van der Waals surface area contributed by atoms with E-state index < -0.39 is 0 Å². The minimum Gasteiger partial charge on any atom is -0.502 e. The molecule has 0 aromatic carbocycles. The Labute approximate surface area is 163 Å². The second-order valence-corrected chi connectivity index (χ2v) is 7.91. The molecule has 0 saturated heterocycles. The quantitative estimate of drug-likeness (QED) is 0.215. The number of hydrogen-bond acceptors (Lipinski definition) is 5. The van der Waals surface area contributed by atoms with E-state index in [0.717, 1.165) is 96.5 Å². The van der Waals surface area contributed by atoms with E-state index in [9.17, 15) is 9.59 Å². The normalized spacial score (nSPS) is 28.3. The van der Waals surface area contributed by atoms with Gasteiger partial charge in [0.1, 0.15) is 12.4 Å². The molecule has 0 spiro atoms. The first kappa shape index (κ1) is 21.9. The van der Waals surface area contributed by atoms with E-state index in [1.807, 2.05) is 0 Å². The Bertz CT molecular complexity index is 434. The number of hydrogen-bond donors (Lipinski definition) is 0. The molecule has 0 aromatic heterocycles. The van der Waals surface area contributed by atoms with Crippen LogP contribution in [0.1, 0.15) is 77.0 Å². The Morgan fingerprint density at radius 1 is 0.852 bits per heavy atom. The fraction of sp³-hybridized carbons (Fsp3) is 0.818. The Balaban J connectivity index is 1.50. The Kier molecular flexibility index (Phi) is 10.5. The number of aldehydes is 1. The van der Waals surface area contributed by atoms with Crippen LogP contribution in [0.15, 0.2) is 12.8 Å². The highest BCUT2D eigenvalue weighted by molar-refractivity contribution is 5.72. The van der Waals surface area contributed by atoms with E-state index in [-0.39, 0.29) is 23.9 Å². The molecule has 2 saturated carbocycles. The SMILES string of the molecule is C=COCCCCCCOC1CCC(C(=O)OC2CCC(C=O)CC2)CC1. The summed E-state index contributed by atoms with van der Waals surface area (Å²) >= 11 is 0. The van der Waals surface area contributed by atoms with Crippen LogP contribution in [0.3, 0.4) is 0 Å². The standard InChI is InChI=1S/C22H36O5/c1-2-25-15-5-3-4-6-16-26-20-13-9-19(10-14-20)22(24)27-21-11-7-18(17-23)8-12-21/h2,17-21H,1,3-16H2. The first-order valence-corrected chi connectivity index (χ1v) is 10.7. The number of carbonyl (C=O) groups excluding carboxylic acids is 2. The lowest BCUT2D eigenvalue weighted by molar-refractivity contribution is -0.158. The molecular formula is C22H36O5. The summed E-state index contributed by atoms with van der Waals surface area (Å²) in [7, 11) is 0. The molecule has 0 atom stereocenters. The van der Waals surface area contributed by atoms with E-state index >= 15 is 0 Å². The third kappa shape index (κ3) is 8.46. The lowest BCUT2D eigenvalue weighted by Gasteiger charge is -2.30. The number of ether oxygens (including phenoxy) is 3. The van der Waals surface area contributed by atoms with Gasteiger partial charge >= 0.3 is 5.97 Å². The van der Waals surface area contributed by atoms with Crippen molar-refractivity contribution in [2.75, 3.05) is 13.2 Å². The highest BCUT2D eigenvalue weighted by Gasteiger charge is 2.30. The van der Waals surface area contributed by atoms with Crippen molar-refractivity contribution in [3.8, 4) is 0 Å². The summed E-state index contributed by atoms with van der Waals surface area (Å²) in [5, 5.41) is 0. The van der Waals surface area contributed by atoms with Gasteiger partial charge in [-0.05, 0) is 70.6 Å². The van der Waals surface area contributed by atoms with Crippen molar-refractivity contribution < 1.29 is 23.8 Å². The molecule has 5 nitrogen and oxygen atoms in total. The molecule has 2 aliphatic rings. The maximum atomic E-state index is 12.4. The summed E-state index contributed by atoms with van der Waals surface area (Å²) in [5.41, 5.74) is 0. The zero-order chi connectivity index (χ0) is 19.3. The number of rotatable bonds is 12. The second kappa shape index (κ2) is 12.9. The summed E-state index contributed by atoms with van der Waals surface area (Å²) in [6.45, 7) is 5.09. The molecule has 0 N–H and O–H groups in total. The molecule has 0 radical (unpaired) electrons. The smallest absolute Gasteiger partial charge is 0.309 e.